The largest absolute Gasteiger partial charge is 0.461 e. The molecule has 0 bridgehead atoms. The Balaban J connectivity index is 1.51. The van der Waals surface area contributed by atoms with Crippen molar-refractivity contribution < 1.29 is 24.1 Å². The Kier molecular flexibility index (Phi) is 7.70. The SMILES string of the molecule is OC(c1ccc(OC2CCCCO2)c(OC2CCCCO2)c1)C1SCCCS1. The van der Waals surface area contributed by atoms with E-state index in [2.05, 4.69) is 0 Å². The van der Waals surface area contributed by atoms with Crippen LogP contribution in [0.15, 0.2) is 18.2 Å². The molecular weight excluding hydrogens is 396 g/mol. The molecule has 3 saturated heterocycles. The molecule has 3 fully saturated rings. The van der Waals surface area contributed by atoms with Gasteiger partial charge in [0.05, 0.1) is 17.8 Å². The van der Waals surface area contributed by atoms with Gasteiger partial charge in [-0.05, 0) is 61.3 Å². The van der Waals surface area contributed by atoms with Gasteiger partial charge in [-0.3, -0.25) is 0 Å². The van der Waals surface area contributed by atoms with Crippen molar-refractivity contribution in [2.75, 3.05) is 24.7 Å². The summed E-state index contributed by atoms with van der Waals surface area (Å²) >= 11 is 3.67. The maximum absolute atomic E-state index is 10.9. The first-order valence-corrected chi connectivity index (χ1v) is 12.5. The van der Waals surface area contributed by atoms with Gasteiger partial charge in [-0.15, -0.1) is 23.5 Å². The summed E-state index contributed by atoms with van der Waals surface area (Å²) in [7, 11) is 0. The number of hydrogen-bond donors (Lipinski definition) is 1. The molecule has 156 valence electrons. The number of aliphatic hydroxyl groups excluding tert-OH is 1. The summed E-state index contributed by atoms with van der Waals surface area (Å²) < 4.78 is 24.0. The first-order chi connectivity index (χ1) is 13.8. The Hall–Kier alpha value is -0.600. The highest BCUT2D eigenvalue weighted by Gasteiger charge is 2.27. The number of thioether (sulfide) groups is 2. The topological polar surface area (TPSA) is 57.2 Å². The van der Waals surface area contributed by atoms with Gasteiger partial charge in [-0.1, -0.05) is 6.07 Å². The molecule has 28 heavy (non-hydrogen) atoms. The molecule has 0 radical (unpaired) electrons. The molecule has 3 aliphatic heterocycles. The van der Waals surface area contributed by atoms with Crippen LogP contribution in [0.1, 0.15) is 56.6 Å². The van der Waals surface area contributed by atoms with Crippen LogP contribution in [0.3, 0.4) is 0 Å². The molecular formula is C21H30O5S2. The summed E-state index contributed by atoms with van der Waals surface area (Å²) in [6.45, 7) is 1.46. The number of rotatable bonds is 6. The van der Waals surface area contributed by atoms with Crippen molar-refractivity contribution in [1.29, 1.82) is 0 Å². The Morgan fingerprint density at radius 1 is 0.857 bits per heavy atom. The van der Waals surface area contributed by atoms with E-state index in [9.17, 15) is 5.11 Å². The third-order valence-electron chi connectivity index (χ3n) is 5.21. The molecule has 3 heterocycles. The lowest BCUT2D eigenvalue weighted by molar-refractivity contribution is -0.119. The van der Waals surface area contributed by atoms with Gasteiger partial charge in [0.2, 0.25) is 0 Å². The van der Waals surface area contributed by atoms with Crippen LogP contribution in [0, 0.1) is 0 Å². The van der Waals surface area contributed by atoms with Crippen LogP contribution in [0.2, 0.25) is 0 Å². The van der Waals surface area contributed by atoms with Crippen LogP contribution in [-0.4, -0.2) is 47.0 Å². The third-order valence-corrected chi connectivity index (χ3v) is 8.25. The second kappa shape index (κ2) is 10.4. The number of ether oxygens (including phenoxy) is 4. The predicted octanol–water partition coefficient (Wildman–Crippen LogP) is 4.73. The first-order valence-electron chi connectivity index (χ1n) is 10.4. The molecule has 4 rings (SSSR count). The summed E-state index contributed by atoms with van der Waals surface area (Å²) in [5.41, 5.74) is 0.870. The molecule has 3 aliphatic rings. The fourth-order valence-electron chi connectivity index (χ4n) is 3.64. The molecule has 3 atom stereocenters. The quantitative estimate of drug-likeness (QED) is 0.706. The lowest BCUT2D eigenvalue weighted by Crippen LogP contribution is -2.27. The van der Waals surface area contributed by atoms with Gasteiger partial charge < -0.3 is 24.1 Å². The summed E-state index contributed by atoms with van der Waals surface area (Å²) in [4.78, 5) is 0. The lowest BCUT2D eigenvalue weighted by atomic mass is 10.1. The van der Waals surface area contributed by atoms with Crippen molar-refractivity contribution in [3.8, 4) is 11.5 Å². The van der Waals surface area contributed by atoms with Crippen LogP contribution < -0.4 is 9.47 Å². The average molecular weight is 427 g/mol. The van der Waals surface area contributed by atoms with E-state index in [0.29, 0.717) is 11.5 Å². The monoisotopic (exact) mass is 426 g/mol. The Morgan fingerprint density at radius 3 is 2.11 bits per heavy atom. The highest BCUT2D eigenvalue weighted by molar-refractivity contribution is 8.17. The van der Waals surface area contributed by atoms with E-state index in [4.69, 9.17) is 18.9 Å². The van der Waals surface area contributed by atoms with Gasteiger partial charge in [0, 0.05) is 12.8 Å². The summed E-state index contributed by atoms with van der Waals surface area (Å²) in [5, 5.41) is 10.9. The molecule has 5 nitrogen and oxygen atoms in total. The van der Waals surface area contributed by atoms with Crippen LogP contribution in [-0.2, 0) is 9.47 Å². The number of benzene rings is 1. The molecule has 1 N–H and O–H groups in total. The van der Waals surface area contributed by atoms with Crippen LogP contribution in [0.4, 0.5) is 0 Å². The van der Waals surface area contributed by atoms with Gasteiger partial charge >= 0.3 is 0 Å². The summed E-state index contributed by atoms with van der Waals surface area (Å²) in [6, 6.07) is 5.79. The minimum absolute atomic E-state index is 0.168. The van der Waals surface area contributed by atoms with Gasteiger partial charge in [0.15, 0.2) is 24.1 Å². The molecule has 0 aromatic heterocycles. The zero-order valence-corrected chi connectivity index (χ0v) is 17.8. The van der Waals surface area contributed by atoms with E-state index >= 15 is 0 Å². The molecule has 1 aromatic carbocycles. The van der Waals surface area contributed by atoms with Crippen LogP contribution >= 0.6 is 23.5 Å². The molecule has 0 saturated carbocycles. The van der Waals surface area contributed by atoms with Crippen molar-refractivity contribution >= 4 is 23.5 Å². The van der Waals surface area contributed by atoms with Crippen molar-refractivity contribution in [3.05, 3.63) is 23.8 Å². The van der Waals surface area contributed by atoms with Gasteiger partial charge in [-0.2, -0.15) is 0 Å². The van der Waals surface area contributed by atoms with Crippen LogP contribution in [0.25, 0.3) is 0 Å². The van der Waals surface area contributed by atoms with Crippen molar-refractivity contribution in [1.82, 2.24) is 0 Å². The van der Waals surface area contributed by atoms with E-state index in [-0.39, 0.29) is 17.2 Å². The average Bonchev–Trinajstić information content (AvgIpc) is 2.76. The van der Waals surface area contributed by atoms with E-state index in [1.807, 2.05) is 41.7 Å². The lowest BCUT2D eigenvalue weighted by Gasteiger charge is -2.29. The number of aliphatic hydroxyl groups is 1. The predicted molar refractivity (Wildman–Crippen MR) is 113 cm³/mol. The summed E-state index contributed by atoms with van der Waals surface area (Å²) in [5.74, 6) is 3.52. The van der Waals surface area contributed by atoms with Gasteiger partial charge in [-0.25, -0.2) is 0 Å². The highest BCUT2D eigenvalue weighted by atomic mass is 32.2. The van der Waals surface area contributed by atoms with E-state index in [0.717, 1.165) is 68.8 Å². The molecule has 0 spiro atoms. The van der Waals surface area contributed by atoms with Crippen LogP contribution in [0.5, 0.6) is 11.5 Å². The maximum Gasteiger partial charge on any atom is 0.200 e. The van der Waals surface area contributed by atoms with Gasteiger partial charge in [0.1, 0.15) is 6.10 Å². The zero-order valence-electron chi connectivity index (χ0n) is 16.2. The minimum atomic E-state index is -0.523. The molecule has 3 unspecified atom stereocenters. The zero-order chi connectivity index (χ0) is 19.2. The third kappa shape index (κ3) is 5.51. The van der Waals surface area contributed by atoms with Crippen molar-refractivity contribution in [3.63, 3.8) is 0 Å². The molecule has 7 heteroatoms. The van der Waals surface area contributed by atoms with Crippen molar-refractivity contribution in [2.45, 2.75) is 68.2 Å². The maximum atomic E-state index is 10.9. The minimum Gasteiger partial charge on any atom is -0.461 e. The second-order valence-corrected chi connectivity index (χ2v) is 10.2. The van der Waals surface area contributed by atoms with Crippen molar-refractivity contribution in [2.24, 2.45) is 0 Å². The number of hydrogen-bond acceptors (Lipinski definition) is 7. The molecule has 0 amide bonds. The fraction of sp³-hybridized carbons (Fsp3) is 0.714. The smallest absolute Gasteiger partial charge is 0.200 e. The first kappa shape index (κ1) is 20.7. The fourth-order valence-corrected chi connectivity index (χ4v) is 6.55. The van der Waals surface area contributed by atoms with Gasteiger partial charge in [0.25, 0.3) is 0 Å². The van der Waals surface area contributed by atoms with E-state index in [1.54, 1.807) is 0 Å². The standard InChI is InChI=1S/C21H30O5S2/c22-20(21-27-12-5-13-28-21)15-8-9-16(25-18-6-1-3-10-23-18)17(14-15)26-19-7-2-4-11-24-19/h8-9,14,18-22H,1-7,10-13H2. The Labute approximate surface area is 175 Å². The Morgan fingerprint density at radius 2 is 1.50 bits per heavy atom. The Bertz CT molecular complexity index is 611. The van der Waals surface area contributed by atoms with E-state index in [1.165, 1.54) is 6.42 Å². The highest BCUT2D eigenvalue weighted by Crippen LogP contribution is 2.42. The molecule has 1 aromatic rings. The molecule has 0 aliphatic carbocycles. The van der Waals surface area contributed by atoms with E-state index < -0.39 is 6.10 Å². The summed E-state index contributed by atoms with van der Waals surface area (Å²) in [6.07, 6.45) is 6.33. The normalized spacial score (nSPS) is 27.9. The second-order valence-electron chi connectivity index (χ2n) is 7.44.